The number of Topliss-reactive ketones (excluding diaryl/α,β-unsaturated/α-hetero) is 1. The normalized spacial score (nSPS) is 19.7. The van der Waals surface area contributed by atoms with Crippen molar-refractivity contribution < 1.29 is 28.9 Å². The molecule has 1 aromatic heterocycles. The van der Waals surface area contributed by atoms with Crippen molar-refractivity contribution >= 4 is 5.78 Å². The van der Waals surface area contributed by atoms with Crippen LogP contribution in [0.4, 0.5) is 0 Å². The zero-order valence-corrected chi connectivity index (χ0v) is 12.5. The monoisotopic (exact) mass is 304 g/mol. The summed E-state index contributed by atoms with van der Waals surface area (Å²) >= 11 is 0. The number of hydrogen-bond acceptors (Lipinski definition) is 6. The van der Waals surface area contributed by atoms with Crippen LogP contribution in [0.25, 0.3) is 11.3 Å². The van der Waals surface area contributed by atoms with Crippen LogP contribution < -0.4 is 4.74 Å². The third-order valence-corrected chi connectivity index (χ3v) is 3.83. The summed E-state index contributed by atoms with van der Waals surface area (Å²) in [5, 5.41) is 21.0. The van der Waals surface area contributed by atoms with Crippen LogP contribution in [0.2, 0.25) is 0 Å². The Morgan fingerprint density at radius 1 is 1.27 bits per heavy atom. The summed E-state index contributed by atoms with van der Waals surface area (Å²) in [6.45, 7) is 1.48. The number of rotatable bonds is 3. The van der Waals surface area contributed by atoms with Crippen LogP contribution in [0, 0.1) is 6.92 Å². The highest BCUT2D eigenvalue weighted by Gasteiger charge is 2.48. The summed E-state index contributed by atoms with van der Waals surface area (Å²) in [5.41, 5.74) is -1.16. The Hall–Kier alpha value is -2.31. The lowest BCUT2D eigenvalue weighted by atomic mass is 9.78. The molecule has 1 unspecified atom stereocenters. The second-order valence-corrected chi connectivity index (χ2v) is 5.29. The molecule has 2 N–H and O–H groups in total. The predicted molar refractivity (Wildman–Crippen MR) is 77.2 cm³/mol. The smallest absolute Gasteiger partial charge is 0.205 e. The van der Waals surface area contributed by atoms with Crippen molar-refractivity contribution in [2.24, 2.45) is 0 Å². The van der Waals surface area contributed by atoms with Gasteiger partial charge in [-0.25, -0.2) is 0 Å². The number of aliphatic hydroxyl groups is 1. The summed E-state index contributed by atoms with van der Waals surface area (Å²) in [7, 11) is 2.85. The molecule has 116 valence electrons. The largest absolute Gasteiger partial charge is 0.507 e. The number of phenols is 1. The zero-order valence-electron chi connectivity index (χ0n) is 12.5. The minimum atomic E-state index is -1.89. The number of hydrogen-bond donors (Lipinski definition) is 2. The first-order valence-corrected chi connectivity index (χ1v) is 6.70. The molecule has 0 radical (unpaired) electrons. The highest BCUT2D eigenvalue weighted by molar-refractivity contribution is 6.13. The Bertz CT molecular complexity index is 760. The van der Waals surface area contributed by atoms with Gasteiger partial charge in [0.1, 0.15) is 23.0 Å². The molecule has 1 aliphatic carbocycles. The van der Waals surface area contributed by atoms with Crippen molar-refractivity contribution in [2.45, 2.75) is 12.5 Å². The first kappa shape index (κ1) is 14.6. The molecule has 0 saturated heterocycles. The Morgan fingerprint density at radius 3 is 2.64 bits per heavy atom. The highest BCUT2D eigenvalue weighted by Crippen LogP contribution is 2.47. The van der Waals surface area contributed by atoms with Crippen LogP contribution in [-0.2, 0) is 10.3 Å². The molecule has 1 atom stereocenters. The van der Waals surface area contributed by atoms with Gasteiger partial charge in [0.25, 0.3) is 0 Å². The third-order valence-electron chi connectivity index (χ3n) is 3.83. The van der Waals surface area contributed by atoms with Crippen molar-refractivity contribution in [1.82, 2.24) is 0 Å². The average Bonchev–Trinajstić information content (AvgIpc) is 2.87. The van der Waals surface area contributed by atoms with E-state index in [0.29, 0.717) is 28.4 Å². The lowest BCUT2D eigenvalue weighted by molar-refractivity contribution is -0.0186. The molecular weight excluding hydrogens is 288 g/mol. The van der Waals surface area contributed by atoms with Crippen molar-refractivity contribution in [1.29, 1.82) is 0 Å². The molecule has 22 heavy (non-hydrogen) atoms. The van der Waals surface area contributed by atoms with Gasteiger partial charge in [0, 0.05) is 24.3 Å². The molecular formula is C16H16O6. The van der Waals surface area contributed by atoms with Crippen molar-refractivity contribution in [2.75, 3.05) is 20.8 Å². The number of ketones is 1. The van der Waals surface area contributed by atoms with E-state index in [4.69, 9.17) is 13.9 Å². The van der Waals surface area contributed by atoms with E-state index in [-0.39, 0.29) is 17.9 Å². The van der Waals surface area contributed by atoms with Gasteiger partial charge >= 0.3 is 0 Å². The summed E-state index contributed by atoms with van der Waals surface area (Å²) in [5.74, 6) is 0.371. The molecule has 0 aliphatic heterocycles. The molecule has 0 amide bonds. The second-order valence-electron chi connectivity index (χ2n) is 5.29. The van der Waals surface area contributed by atoms with E-state index in [1.807, 2.05) is 0 Å². The van der Waals surface area contributed by atoms with Gasteiger partial charge in [0.2, 0.25) is 5.78 Å². The van der Waals surface area contributed by atoms with Gasteiger partial charge in [-0.05, 0) is 19.1 Å². The molecule has 1 heterocycles. The van der Waals surface area contributed by atoms with E-state index in [0.717, 1.165) is 0 Å². The standard InChI is InChI=1S/C16H16O6/c1-8-4-11-14(22-8)10-5-9(21-3)6-12(17)13(10)15(18)16(11,19)7-20-2/h4-6,17,19H,7H2,1-3H3. The Kier molecular flexibility index (Phi) is 3.23. The lowest BCUT2D eigenvalue weighted by Crippen LogP contribution is -2.42. The van der Waals surface area contributed by atoms with Gasteiger partial charge in [-0.3, -0.25) is 4.79 Å². The number of aryl methyl sites for hydroxylation is 1. The lowest BCUT2D eigenvalue weighted by Gasteiger charge is -2.31. The van der Waals surface area contributed by atoms with Crippen LogP contribution in [0.5, 0.6) is 11.5 Å². The first-order chi connectivity index (χ1) is 10.4. The molecule has 0 bridgehead atoms. The molecule has 3 rings (SSSR count). The fraction of sp³-hybridized carbons (Fsp3) is 0.312. The molecule has 6 heteroatoms. The number of carbonyl (C=O) groups is 1. The number of methoxy groups -OCH3 is 2. The summed E-state index contributed by atoms with van der Waals surface area (Å²) < 4.78 is 15.8. The molecule has 0 fully saturated rings. The molecule has 1 aliphatic rings. The average molecular weight is 304 g/mol. The van der Waals surface area contributed by atoms with E-state index in [2.05, 4.69) is 0 Å². The van der Waals surface area contributed by atoms with Crippen molar-refractivity contribution in [3.05, 3.63) is 35.1 Å². The van der Waals surface area contributed by atoms with Gasteiger partial charge in [-0.15, -0.1) is 0 Å². The maximum Gasteiger partial charge on any atom is 0.205 e. The van der Waals surface area contributed by atoms with E-state index < -0.39 is 11.4 Å². The topological polar surface area (TPSA) is 89.1 Å². The van der Waals surface area contributed by atoms with Crippen LogP contribution in [-0.4, -0.2) is 36.8 Å². The molecule has 0 spiro atoms. The van der Waals surface area contributed by atoms with Gasteiger partial charge in [-0.1, -0.05) is 0 Å². The molecule has 1 aromatic carbocycles. The number of fused-ring (bicyclic) bond motifs is 3. The van der Waals surface area contributed by atoms with Crippen LogP contribution >= 0.6 is 0 Å². The maximum absolute atomic E-state index is 12.7. The number of benzene rings is 1. The van der Waals surface area contributed by atoms with Crippen molar-refractivity contribution in [3.8, 4) is 22.8 Å². The predicted octanol–water partition coefficient (Wildman–Crippen LogP) is 2.00. The summed E-state index contributed by atoms with van der Waals surface area (Å²) in [4.78, 5) is 12.7. The number of ether oxygens (including phenoxy) is 2. The maximum atomic E-state index is 12.7. The van der Waals surface area contributed by atoms with Gasteiger partial charge < -0.3 is 24.1 Å². The number of aromatic hydroxyl groups is 1. The Labute approximate surface area is 126 Å². The van der Waals surface area contributed by atoms with Gasteiger partial charge in [0.15, 0.2) is 5.60 Å². The fourth-order valence-corrected chi connectivity index (χ4v) is 2.84. The highest BCUT2D eigenvalue weighted by atomic mass is 16.5. The zero-order chi connectivity index (χ0) is 16.1. The number of phenolic OH excluding ortho intramolecular Hbond substituents is 1. The van der Waals surface area contributed by atoms with Gasteiger partial charge in [-0.2, -0.15) is 0 Å². The summed E-state index contributed by atoms with van der Waals surface area (Å²) in [6, 6.07) is 4.53. The molecule has 0 saturated carbocycles. The molecule has 6 nitrogen and oxygen atoms in total. The molecule has 2 aromatic rings. The van der Waals surface area contributed by atoms with Crippen LogP contribution in [0.15, 0.2) is 22.6 Å². The minimum absolute atomic E-state index is 0.00204. The van der Waals surface area contributed by atoms with E-state index in [1.165, 1.54) is 20.3 Å². The van der Waals surface area contributed by atoms with E-state index in [9.17, 15) is 15.0 Å². The van der Waals surface area contributed by atoms with Crippen LogP contribution in [0.3, 0.4) is 0 Å². The third kappa shape index (κ3) is 1.84. The van der Waals surface area contributed by atoms with E-state index >= 15 is 0 Å². The number of furan rings is 1. The first-order valence-electron chi connectivity index (χ1n) is 6.70. The second kappa shape index (κ2) is 4.86. The SMILES string of the molecule is COCC1(O)C(=O)c2c(O)cc(OC)cc2-c2oc(C)cc21. The van der Waals surface area contributed by atoms with Crippen LogP contribution in [0.1, 0.15) is 21.7 Å². The number of carbonyl (C=O) groups excluding carboxylic acids is 1. The summed E-state index contributed by atoms with van der Waals surface area (Å²) in [6.07, 6.45) is 0. The minimum Gasteiger partial charge on any atom is -0.507 e. The fourth-order valence-electron chi connectivity index (χ4n) is 2.84. The Morgan fingerprint density at radius 2 is 2.00 bits per heavy atom. The van der Waals surface area contributed by atoms with Crippen molar-refractivity contribution in [3.63, 3.8) is 0 Å². The Balaban J connectivity index is 2.35. The van der Waals surface area contributed by atoms with Gasteiger partial charge in [0.05, 0.1) is 19.3 Å². The quantitative estimate of drug-likeness (QED) is 0.901. The van der Waals surface area contributed by atoms with E-state index in [1.54, 1.807) is 19.1 Å².